The van der Waals surface area contributed by atoms with Crippen LogP contribution in [0.25, 0.3) is 0 Å². The van der Waals surface area contributed by atoms with Gasteiger partial charge in [-0.15, -0.1) is 0 Å². The lowest BCUT2D eigenvalue weighted by Crippen LogP contribution is -2.53. The molecule has 192 valence electrons. The van der Waals surface area contributed by atoms with E-state index >= 15 is 0 Å². The van der Waals surface area contributed by atoms with Gasteiger partial charge in [0.05, 0.1) is 6.54 Å². The van der Waals surface area contributed by atoms with E-state index in [9.17, 15) is 4.79 Å². The summed E-state index contributed by atoms with van der Waals surface area (Å²) in [5, 5.41) is 0. The maximum absolute atomic E-state index is 11.1. The number of fused-ring (bicyclic) bond motifs is 2. The molecule has 2 saturated heterocycles. The molecule has 2 atom stereocenters. The highest BCUT2D eigenvalue weighted by molar-refractivity contribution is 5.77. The van der Waals surface area contributed by atoms with E-state index in [4.69, 9.17) is 0 Å². The quantitative estimate of drug-likeness (QED) is 0.576. The SMILES string of the molecule is CC(=O)CN(C)CCN(C)C1CCC(c2cncnc2)CC1.CC(C)N1CC2CCC(C1)N2C. The van der Waals surface area contributed by atoms with Crippen molar-refractivity contribution in [2.24, 2.45) is 0 Å². The molecule has 7 heteroatoms. The van der Waals surface area contributed by atoms with Crippen molar-refractivity contribution in [3.63, 3.8) is 0 Å². The number of ketones is 1. The van der Waals surface area contributed by atoms with Gasteiger partial charge in [-0.05, 0) is 91.9 Å². The smallest absolute Gasteiger partial charge is 0.143 e. The fourth-order valence-corrected chi connectivity index (χ4v) is 5.91. The third kappa shape index (κ3) is 7.80. The molecule has 2 unspecified atom stereocenters. The summed E-state index contributed by atoms with van der Waals surface area (Å²) < 4.78 is 0. The minimum Gasteiger partial charge on any atom is -0.302 e. The van der Waals surface area contributed by atoms with E-state index in [-0.39, 0.29) is 5.78 Å². The Morgan fingerprint density at radius 2 is 1.59 bits per heavy atom. The molecule has 1 aromatic rings. The number of likely N-dealkylation sites (N-methyl/N-ethyl adjacent to an activating group) is 3. The van der Waals surface area contributed by atoms with Gasteiger partial charge in [0, 0.05) is 62.7 Å². The summed E-state index contributed by atoms with van der Waals surface area (Å²) in [6.07, 6.45) is 13.2. The van der Waals surface area contributed by atoms with Gasteiger partial charge in [-0.25, -0.2) is 9.97 Å². The second-order valence-corrected chi connectivity index (χ2v) is 11.2. The number of aromatic nitrogens is 2. The third-order valence-corrected chi connectivity index (χ3v) is 8.30. The van der Waals surface area contributed by atoms with Crippen LogP contribution in [0.3, 0.4) is 0 Å². The maximum atomic E-state index is 11.1. The fourth-order valence-electron chi connectivity index (χ4n) is 5.91. The Labute approximate surface area is 207 Å². The average molecular weight is 473 g/mol. The number of hydrogen-bond acceptors (Lipinski definition) is 7. The molecule has 1 aliphatic carbocycles. The van der Waals surface area contributed by atoms with Crippen LogP contribution < -0.4 is 0 Å². The standard InChI is InChI=1S/C17H28N4O.C10H20N2/c1-14(22)12-20(2)8-9-21(3)17-6-4-15(5-7-17)16-10-18-13-19-11-16;1-8(2)12-6-9-4-5-10(7-12)11(9)3/h10-11,13,15,17H,4-9,12H2,1-3H3;8-10H,4-7H2,1-3H3. The molecular formula is C27H48N6O. The van der Waals surface area contributed by atoms with Crippen LogP contribution in [0.2, 0.25) is 0 Å². The monoisotopic (exact) mass is 472 g/mol. The summed E-state index contributed by atoms with van der Waals surface area (Å²) in [7, 11) is 6.51. The minimum atomic E-state index is 0.232. The third-order valence-electron chi connectivity index (χ3n) is 8.30. The van der Waals surface area contributed by atoms with Crippen molar-refractivity contribution in [1.82, 2.24) is 29.6 Å². The molecule has 0 aromatic carbocycles. The second-order valence-electron chi connectivity index (χ2n) is 11.2. The van der Waals surface area contributed by atoms with Crippen LogP contribution in [-0.4, -0.2) is 113 Å². The number of nitrogens with zero attached hydrogens (tertiary/aromatic N) is 6. The van der Waals surface area contributed by atoms with E-state index in [2.05, 4.69) is 57.5 Å². The molecule has 2 aliphatic heterocycles. The molecule has 1 aromatic heterocycles. The highest BCUT2D eigenvalue weighted by Crippen LogP contribution is 2.33. The van der Waals surface area contributed by atoms with Crippen LogP contribution >= 0.6 is 0 Å². The molecule has 3 fully saturated rings. The van der Waals surface area contributed by atoms with Crippen LogP contribution in [-0.2, 0) is 4.79 Å². The Bertz CT molecular complexity index is 722. The number of carbonyl (C=O) groups excluding carboxylic acids is 1. The van der Waals surface area contributed by atoms with E-state index in [1.165, 1.54) is 57.2 Å². The highest BCUT2D eigenvalue weighted by atomic mass is 16.1. The topological polar surface area (TPSA) is 55.8 Å². The van der Waals surface area contributed by atoms with Gasteiger partial charge in [0.15, 0.2) is 0 Å². The van der Waals surface area contributed by atoms with Crippen molar-refractivity contribution < 1.29 is 4.79 Å². The Morgan fingerprint density at radius 1 is 1.00 bits per heavy atom. The van der Waals surface area contributed by atoms with Gasteiger partial charge in [-0.1, -0.05) is 0 Å². The normalized spacial score (nSPS) is 27.8. The van der Waals surface area contributed by atoms with Gasteiger partial charge in [0.1, 0.15) is 12.1 Å². The van der Waals surface area contributed by atoms with Crippen LogP contribution in [0.4, 0.5) is 0 Å². The van der Waals surface area contributed by atoms with Gasteiger partial charge in [0.25, 0.3) is 0 Å². The molecule has 0 spiro atoms. The van der Waals surface area contributed by atoms with Crippen LogP contribution in [0.15, 0.2) is 18.7 Å². The lowest BCUT2D eigenvalue weighted by molar-refractivity contribution is -0.117. The summed E-state index contributed by atoms with van der Waals surface area (Å²) in [5.41, 5.74) is 1.28. The first-order valence-corrected chi connectivity index (χ1v) is 13.3. The molecular weight excluding hydrogens is 424 g/mol. The zero-order valence-corrected chi connectivity index (χ0v) is 22.5. The lowest BCUT2D eigenvalue weighted by atomic mass is 9.82. The predicted molar refractivity (Wildman–Crippen MR) is 139 cm³/mol. The van der Waals surface area contributed by atoms with Crippen LogP contribution in [0.1, 0.15) is 70.8 Å². The molecule has 1 saturated carbocycles. The van der Waals surface area contributed by atoms with Crippen molar-refractivity contribution in [3.05, 3.63) is 24.3 Å². The van der Waals surface area contributed by atoms with Gasteiger partial charge < -0.3 is 4.90 Å². The molecule has 7 nitrogen and oxygen atoms in total. The van der Waals surface area contributed by atoms with E-state index in [1.807, 2.05) is 19.4 Å². The molecule has 0 amide bonds. The van der Waals surface area contributed by atoms with E-state index in [0.29, 0.717) is 18.5 Å². The van der Waals surface area contributed by atoms with Gasteiger partial charge >= 0.3 is 0 Å². The van der Waals surface area contributed by atoms with Gasteiger partial charge in [-0.2, -0.15) is 0 Å². The lowest BCUT2D eigenvalue weighted by Gasteiger charge is -2.40. The van der Waals surface area contributed by atoms with Crippen LogP contribution in [0.5, 0.6) is 0 Å². The molecule has 3 aliphatic rings. The van der Waals surface area contributed by atoms with E-state index < -0.39 is 0 Å². The summed E-state index contributed by atoms with van der Waals surface area (Å²) in [5.74, 6) is 0.849. The summed E-state index contributed by atoms with van der Waals surface area (Å²) >= 11 is 0. The van der Waals surface area contributed by atoms with Crippen molar-refractivity contribution in [2.45, 2.75) is 89.4 Å². The number of carbonyl (C=O) groups is 1. The maximum Gasteiger partial charge on any atom is 0.143 e. The van der Waals surface area contributed by atoms with Crippen molar-refractivity contribution in [3.8, 4) is 0 Å². The van der Waals surface area contributed by atoms with Gasteiger partial charge in [0.2, 0.25) is 0 Å². The number of piperazine rings is 1. The first-order valence-electron chi connectivity index (χ1n) is 13.3. The number of Topliss-reactive ketones (excluding diaryl/α,β-unsaturated/α-hetero) is 1. The second kappa shape index (κ2) is 13.1. The van der Waals surface area contributed by atoms with Crippen molar-refractivity contribution in [2.75, 3.05) is 53.9 Å². The Hall–Kier alpha value is -1.41. The molecule has 0 N–H and O–H groups in total. The zero-order valence-electron chi connectivity index (χ0n) is 22.5. The predicted octanol–water partition coefficient (Wildman–Crippen LogP) is 3.13. The Balaban J connectivity index is 0.000000226. The first kappa shape index (κ1) is 27.2. The molecule has 0 radical (unpaired) electrons. The molecule has 34 heavy (non-hydrogen) atoms. The zero-order chi connectivity index (χ0) is 24.7. The Kier molecular flexibility index (Phi) is 10.4. The number of hydrogen-bond donors (Lipinski definition) is 0. The number of rotatable bonds is 8. The minimum absolute atomic E-state index is 0.232. The number of likely N-dealkylation sites (tertiary alicyclic amines) is 1. The van der Waals surface area contributed by atoms with Gasteiger partial charge in [-0.3, -0.25) is 19.5 Å². The molecule has 4 rings (SSSR count). The summed E-state index contributed by atoms with van der Waals surface area (Å²) in [6.45, 7) is 11.4. The summed E-state index contributed by atoms with van der Waals surface area (Å²) in [4.78, 5) is 29.1. The Morgan fingerprint density at radius 3 is 2.12 bits per heavy atom. The summed E-state index contributed by atoms with van der Waals surface area (Å²) in [6, 6.07) is 3.10. The fraction of sp³-hybridized carbons (Fsp3) is 0.815. The van der Waals surface area contributed by atoms with Crippen molar-refractivity contribution in [1.29, 1.82) is 0 Å². The largest absolute Gasteiger partial charge is 0.302 e. The highest BCUT2D eigenvalue weighted by Gasteiger charge is 2.37. The van der Waals surface area contributed by atoms with Crippen molar-refractivity contribution >= 4 is 5.78 Å². The first-order chi connectivity index (χ1) is 16.2. The van der Waals surface area contributed by atoms with E-state index in [0.717, 1.165) is 31.2 Å². The molecule has 2 bridgehead atoms. The van der Waals surface area contributed by atoms with E-state index in [1.54, 1.807) is 13.3 Å². The average Bonchev–Trinajstić information content (AvgIpc) is 3.02. The molecule has 3 heterocycles. The van der Waals surface area contributed by atoms with Crippen LogP contribution in [0, 0.1) is 0 Å².